The van der Waals surface area contributed by atoms with Gasteiger partial charge in [0.2, 0.25) is 0 Å². The number of thiophene rings is 1. The van der Waals surface area contributed by atoms with E-state index in [-0.39, 0.29) is 0 Å². The minimum absolute atomic E-state index is 0.334. The normalized spacial score (nSPS) is 12.3. The summed E-state index contributed by atoms with van der Waals surface area (Å²) in [5.41, 5.74) is 10.9. The van der Waals surface area contributed by atoms with Crippen molar-refractivity contribution in [3.05, 3.63) is 151 Å². The zero-order valence-corrected chi connectivity index (χ0v) is 30.0. The lowest BCUT2D eigenvalue weighted by Gasteiger charge is -2.23. The molecule has 0 radical (unpaired) electrons. The number of benzene rings is 7. The minimum atomic E-state index is 0.334. The van der Waals surface area contributed by atoms with Gasteiger partial charge in [0, 0.05) is 41.9 Å². The Hall–Kier alpha value is -5.71. The van der Waals surface area contributed by atoms with Gasteiger partial charge in [-0.05, 0) is 64.7 Å². The summed E-state index contributed by atoms with van der Waals surface area (Å²) >= 11 is 1.88. The fraction of sp³-hybridized carbons (Fsp3) is 0.128. The predicted octanol–water partition coefficient (Wildman–Crippen LogP) is 13.6. The van der Waals surface area contributed by atoms with E-state index < -0.39 is 0 Å². The van der Waals surface area contributed by atoms with Crippen LogP contribution in [0.25, 0.3) is 86.5 Å². The third kappa shape index (κ3) is 4.39. The van der Waals surface area contributed by atoms with E-state index in [0.29, 0.717) is 11.8 Å². The lowest BCUT2D eigenvalue weighted by Crippen LogP contribution is -2.09. The number of hydrogen-bond acceptors (Lipinski definition) is 2. The second-order valence-corrected chi connectivity index (χ2v) is 15.4. The Kier molecular flexibility index (Phi) is 6.74. The first-order chi connectivity index (χ1) is 25.0. The first-order valence-corrected chi connectivity index (χ1v) is 18.8. The van der Waals surface area contributed by atoms with Crippen molar-refractivity contribution in [2.75, 3.05) is 0 Å². The molecule has 51 heavy (non-hydrogen) atoms. The highest BCUT2D eigenvalue weighted by molar-refractivity contribution is 7.26. The van der Waals surface area contributed by atoms with Crippen molar-refractivity contribution in [3.8, 4) is 22.8 Å². The van der Waals surface area contributed by atoms with Crippen LogP contribution in [0.15, 0.2) is 140 Å². The Morgan fingerprint density at radius 2 is 1.14 bits per heavy atom. The molecule has 10 rings (SSSR count). The summed E-state index contributed by atoms with van der Waals surface area (Å²) in [6.07, 6.45) is 0. The number of rotatable bonds is 5. The number of fused-ring (bicyclic) bond motifs is 9. The van der Waals surface area contributed by atoms with Crippen molar-refractivity contribution < 1.29 is 0 Å². The molecule has 0 atom stereocenters. The Morgan fingerprint density at radius 1 is 0.529 bits per heavy atom. The van der Waals surface area contributed by atoms with Gasteiger partial charge in [-0.25, -0.2) is 4.98 Å². The summed E-state index contributed by atoms with van der Waals surface area (Å²) in [7, 11) is 0. The minimum Gasteiger partial charge on any atom is -0.309 e. The average molecular weight is 676 g/mol. The van der Waals surface area contributed by atoms with Crippen molar-refractivity contribution in [1.29, 1.82) is 0 Å². The topological polar surface area (TPSA) is 22.8 Å². The van der Waals surface area contributed by atoms with Crippen molar-refractivity contribution in [2.24, 2.45) is 0 Å². The summed E-state index contributed by atoms with van der Waals surface area (Å²) in [5, 5.41) is 7.52. The van der Waals surface area contributed by atoms with Gasteiger partial charge in [0.15, 0.2) is 0 Å². The standard InChI is InChI=1S/C47H37N3S/c1-28(2)31-19-13-20-32(29(3)4)44(31)50-45-33-15-6-5-14-30(33)24-26-38(45)48-47(50)37-25-27-41(43-36-18-9-12-23-42(36)51-46(37)43)49-39-21-10-7-16-34(39)35-17-8-11-22-40(35)49/h5-29H,1-4H3. The lowest BCUT2D eigenvalue weighted by atomic mass is 9.92. The summed E-state index contributed by atoms with van der Waals surface area (Å²) in [6, 6.07) is 51.2. The van der Waals surface area contributed by atoms with Crippen LogP contribution in [0.2, 0.25) is 0 Å². The number of para-hydroxylation sites is 3. The Morgan fingerprint density at radius 3 is 1.82 bits per heavy atom. The van der Waals surface area contributed by atoms with Crippen LogP contribution in [-0.2, 0) is 0 Å². The summed E-state index contributed by atoms with van der Waals surface area (Å²) in [6.45, 7) is 9.24. The molecule has 10 aromatic rings. The highest BCUT2D eigenvalue weighted by Gasteiger charge is 2.26. The van der Waals surface area contributed by atoms with Gasteiger partial charge in [0.05, 0.1) is 33.4 Å². The monoisotopic (exact) mass is 675 g/mol. The van der Waals surface area contributed by atoms with E-state index >= 15 is 0 Å². The fourth-order valence-electron chi connectivity index (χ4n) is 8.36. The molecule has 0 aliphatic heterocycles. The van der Waals surface area contributed by atoms with Crippen LogP contribution in [-0.4, -0.2) is 14.1 Å². The van der Waals surface area contributed by atoms with Crippen LogP contribution in [0.1, 0.15) is 50.7 Å². The maximum absolute atomic E-state index is 5.59. The van der Waals surface area contributed by atoms with E-state index in [1.807, 2.05) is 11.3 Å². The Bertz CT molecular complexity index is 2910. The van der Waals surface area contributed by atoms with Gasteiger partial charge in [0.25, 0.3) is 0 Å². The fourth-order valence-corrected chi connectivity index (χ4v) is 9.59. The first kappa shape index (κ1) is 30.1. The molecule has 246 valence electrons. The van der Waals surface area contributed by atoms with Crippen LogP contribution in [0.3, 0.4) is 0 Å². The molecule has 0 aliphatic carbocycles. The molecule has 0 spiro atoms. The van der Waals surface area contributed by atoms with Gasteiger partial charge < -0.3 is 4.57 Å². The van der Waals surface area contributed by atoms with Crippen LogP contribution in [0.5, 0.6) is 0 Å². The maximum Gasteiger partial charge on any atom is 0.147 e. The van der Waals surface area contributed by atoms with Crippen LogP contribution < -0.4 is 0 Å². The van der Waals surface area contributed by atoms with Crippen LogP contribution in [0.4, 0.5) is 0 Å². The molecule has 4 heteroatoms. The molecular weight excluding hydrogens is 639 g/mol. The average Bonchev–Trinajstić information content (AvgIpc) is 3.84. The van der Waals surface area contributed by atoms with Crippen LogP contribution >= 0.6 is 11.3 Å². The Balaban J connectivity index is 1.38. The van der Waals surface area contributed by atoms with Gasteiger partial charge in [-0.3, -0.25) is 4.57 Å². The highest BCUT2D eigenvalue weighted by Crippen LogP contribution is 2.47. The quantitative estimate of drug-likeness (QED) is 0.178. The molecule has 0 amide bonds. The highest BCUT2D eigenvalue weighted by atomic mass is 32.1. The number of hydrogen-bond donors (Lipinski definition) is 0. The number of aromatic nitrogens is 3. The molecule has 0 saturated heterocycles. The number of nitrogens with zero attached hydrogens (tertiary/aromatic N) is 3. The molecule has 0 saturated carbocycles. The van der Waals surface area contributed by atoms with Gasteiger partial charge in [0.1, 0.15) is 5.82 Å². The largest absolute Gasteiger partial charge is 0.309 e. The third-order valence-electron chi connectivity index (χ3n) is 10.7. The van der Waals surface area contributed by atoms with Gasteiger partial charge >= 0.3 is 0 Å². The van der Waals surface area contributed by atoms with E-state index in [9.17, 15) is 0 Å². The molecular formula is C47H37N3S. The lowest BCUT2D eigenvalue weighted by molar-refractivity contribution is 0.811. The summed E-state index contributed by atoms with van der Waals surface area (Å²) in [5.74, 6) is 1.66. The molecule has 3 nitrogen and oxygen atoms in total. The second-order valence-electron chi connectivity index (χ2n) is 14.3. The molecule has 7 aromatic carbocycles. The van der Waals surface area contributed by atoms with Gasteiger partial charge in [-0.1, -0.05) is 131 Å². The van der Waals surface area contributed by atoms with Crippen molar-refractivity contribution in [2.45, 2.75) is 39.5 Å². The Labute approximate surface area is 301 Å². The van der Waals surface area contributed by atoms with E-state index in [0.717, 1.165) is 16.9 Å². The van der Waals surface area contributed by atoms with Gasteiger partial charge in [-0.2, -0.15) is 0 Å². The summed E-state index contributed by atoms with van der Waals surface area (Å²) < 4.78 is 7.52. The van der Waals surface area contributed by atoms with E-state index in [1.165, 1.54) is 80.8 Å². The van der Waals surface area contributed by atoms with Crippen molar-refractivity contribution in [3.63, 3.8) is 0 Å². The van der Waals surface area contributed by atoms with Crippen molar-refractivity contribution in [1.82, 2.24) is 14.1 Å². The SMILES string of the molecule is CC(C)c1cccc(C(C)C)c1-n1c(-c2ccc(-n3c4ccccc4c4ccccc43)c3c2sc2ccccc23)nc2ccc3ccccc3c21. The second kappa shape index (κ2) is 11.4. The first-order valence-electron chi connectivity index (χ1n) is 18.0. The molecule has 3 aromatic heterocycles. The molecule has 0 unspecified atom stereocenters. The van der Waals surface area contributed by atoms with Crippen molar-refractivity contribution >= 4 is 75.1 Å². The summed E-state index contributed by atoms with van der Waals surface area (Å²) in [4.78, 5) is 5.59. The van der Waals surface area contributed by atoms with E-state index in [1.54, 1.807) is 0 Å². The molecule has 0 N–H and O–H groups in total. The number of imidazole rings is 1. The smallest absolute Gasteiger partial charge is 0.147 e. The van der Waals surface area contributed by atoms with Gasteiger partial charge in [-0.15, -0.1) is 11.3 Å². The molecule has 3 heterocycles. The van der Waals surface area contributed by atoms with E-state index in [4.69, 9.17) is 4.98 Å². The molecule has 0 bridgehead atoms. The zero-order chi connectivity index (χ0) is 34.4. The van der Waals surface area contributed by atoms with Crippen LogP contribution in [0, 0.1) is 0 Å². The van der Waals surface area contributed by atoms with E-state index in [2.05, 4.69) is 176 Å². The zero-order valence-electron chi connectivity index (χ0n) is 29.2. The third-order valence-corrected chi connectivity index (χ3v) is 11.9. The molecule has 0 aliphatic rings. The maximum atomic E-state index is 5.59. The molecule has 0 fully saturated rings. The predicted molar refractivity (Wildman–Crippen MR) is 219 cm³/mol.